The van der Waals surface area contributed by atoms with Crippen molar-refractivity contribution in [3.63, 3.8) is 0 Å². The first-order chi connectivity index (χ1) is 7.41. The van der Waals surface area contributed by atoms with Crippen molar-refractivity contribution in [2.75, 3.05) is 6.54 Å². The molecule has 1 aromatic carbocycles. The van der Waals surface area contributed by atoms with Gasteiger partial charge in [-0.3, -0.25) is 4.99 Å². The van der Waals surface area contributed by atoms with Gasteiger partial charge in [0, 0.05) is 17.7 Å². The van der Waals surface area contributed by atoms with E-state index >= 15 is 0 Å². The minimum Gasteiger partial charge on any atom is -0.280 e. The number of halogens is 5. The normalized spacial score (nSPS) is 15.7. The van der Waals surface area contributed by atoms with Crippen LogP contribution in [-0.2, 0) is 6.42 Å². The molecule has 1 heterocycles. The average Bonchev–Trinajstić information content (AvgIpc) is 2.22. The maximum Gasteiger partial charge on any atom is 0.433 e. The van der Waals surface area contributed by atoms with Gasteiger partial charge in [0.05, 0.1) is 0 Å². The van der Waals surface area contributed by atoms with Crippen LogP contribution in [0.2, 0.25) is 0 Å². The Labute approximate surface area is 87.6 Å². The lowest BCUT2D eigenvalue weighted by Crippen LogP contribution is -2.30. The van der Waals surface area contributed by atoms with Gasteiger partial charge in [-0.2, -0.15) is 13.2 Å². The summed E-state index contributed by atoms with van der Waals surface area (Å²) in [5.74, 6) is -1.92. The first-order valence-corrected chi connectivity index (χ1v) is 4.50. The summed E-state index contributed by atoms with van der Waals surface area (Å²) in [6, 6.07) is 1.51. The van der Waals surface area contributed by atoms with Crippen molar-refractivity contribution in [3.8, 4) is 0 Å². The van der Waals surface area contributed by atoms with E-state index in [4.69, 9.17) is 0 Å². The maximum atomic E-state index is 13.3. The lowest BCUT2D eigenvalue weighted by Gasteiger charge is -2.19. The molecule has 0 aromatic heterocycles. The smallest absolute Gasteiger partial charge is 0.280 e. The molecule has 6 heteroatoms. The molecular formula is C10H6F5N. The summed E-state index contributed by atoms with van der Waals surface area (Å²) < 4.78 is 64.0. The molecule has 0 aliphatic carbocycles. The van der Waals surface area contributed by atoms with Crippen molar-refractivity contribution < 1.29 is 22.0 Å². The molecular weight excluding hydrogens is 229 g/mol. The van der Waals surface area contributed by atoms with E-state index in [-0.39, 0.29) is 18.5 Å². The number of hydrogen-bond acceptors (Lipinski definition) is 1. The van der Waals surface area contributed by atoms with E-state index in [0.29, 0.717) is 6.07 Å². The summed E-state index contributed by atoms with van der Waals surface area (Å²) in [5.41, 5.74) is -2.33. The van der Waals surface area contributed by atoms with Crippen LogP contribution in [0, 0.1) is 11.6 Å². The van der Waals surface area contributed by atoms with Gasteiger partial charge >= 0.3 is 6.18 Å². The Kier molecular flexibility index (Phi) is 2.44. The SMILES string of the molecule is Fc1ccc(F)c2c1CCN=C2C(F)(F)F. The summed E-state index contributed by atoms with van der Waals surface area (Å²) in [5, 5.41) is 0. The minimum atomic E-state index is -4.76. The van der Waals surface area contributed by atoms with Gasteiger partial charge in [0.1, 0.15) is 17.3 Å². The molecule has 0 saturated heterocycles. The molecule has 86 valence electrons. The molecule has 1 aliphatic heterocycles. The van der Waals surface area contributed by atoms with Gasteiger partial charge < -0.3 is 0 Å². The van der Waals surface area contributed by atoms with E-state index < -0.39 is 29.1 Å². The van der Waals surface area contributed by atoms with Crippen LogP contribution in [0.4, 0.5) is 22.0 Å². The zero-order chi connectivity index (χ0) is 11.9. The summed E-state index contributed by atoms with van der Waals surface area (Å²) >= 11 is 0. The molecule has 16 heavy (non-hydrogen) atoms. The van der Waals surface area contributed by atoms with E-state index in [1.807, 2.05) is 0 Å². The van der Waals surface area contributed by atoms with E-state index in [1.165, 1.54) is 0 Å². The second-order valence-electron chi connectivity index (χ2n) is 3.36. The number of hydrogen-bond donors (Lipinski definition) is 0. The Morgan fingerprint density at radius 3 is 2.31 bits per heavy atom. The quantitative estimate of drug-likeness (QED) is 0.613. The molecule has 0 atom stereocenters. The largest absolute Gasteiger partial charge is 0.433 e. The summed E-state index contributed by atoms with van der Waals surface area (Å²) in [6.07, 6.45) is -4.78. The first-order valence-electron chi connectivity index (χ1n) is 4.50. The molecule has 1 nitrogen and oxygen atoms in total. The number of aliphatic imine (C=N–C) groups is 1. The summed E-state index contributed by atoms with van der Waals surface area (Å²) in [7, 11) is 0. The van der Waals surface area contributed by atoms with Crippen LogP contribution in [0.1, 0.15) is 11.1 Å². The van der Waals surface area contributed by atoms with Gasteiger partial charge in [0.2, 0.25) is 0 Å². The number of nitrogens with zero attached hydrogens (tertiary/aromatic N) is 1. The van der Waals surface area contributed by atoms with Gasteiger partial charge in [-0.15, -0.1) is 0 Å². The highest BCUT2D eigenvalue weighted by Crippen LogP contribution is 2.30. The standard InChI is InChI=1S/C10H6F5N/c11-6-1-2-7(12)8-5(6)3-4-16-9(8)10(13,14)15/h1-2H,3-4H2. The fraction of sp³-hybridized carbons (Fsp3) is 0.300. The van der Waals surface area contributed by atoms with Crippen molar-refractivity contribution >= 4 is 5.71 Å². The highest BCUT2D eigenvalue weighted by Gasteiger charge is 2.41. The van der Waals surface area contributed by atoms with Gasteiger partial charge in [-0.05, 0) is 18.6 Å². The monoisotopic (exact) mass is 235 g/mol. The van der Waals surface area contributed by atoms with Crippen LogP contribution in [-0.4, -0.2) is 18.4 Å². The van der Waals surface area contributed by atoms with Crippen LogP contribution < -0.4 is 0 Å². The molecule has 1 aromatic rings. The molecule has 0 spiro atoms. The lowest BCUT2D eigenvalue weighted by molar-refractivity contribution is -0.0586. The molecule has 0 unspecified atom stereocenters. The van der Waals surface area contributed by atoms with Crippen molar-refractivity contribution in [1.82, 2.24) is 0 Å². The zero-order valence-electron chi connectivity index (χ0n) is 7.91. The highest BCUT2D eigenvalue weighted by atomic mass is 19.4. The van der Waals surface area contributed by atoms with Gasteiger partial charge in [0.15, 0.2) is 0 Å². The maximum absolute atomic E-state index is 13.3. The fourth-order valence-corrected chi connectivity index (χ4v) is 1.68. The minimum absolute atomic E-state index is 0.0154. The van der Waals surface area contributed by atoms with Crippen LogP contribution in [0.15, 0.2) is 17.1 Å². The van der Waals surface area contributed by atoms with Crippen LogP contribution in [0.25, 0.3) is 0 Å². The van der Waals surface area contributed by atoms with Gasteiger partial charge in [0.25, 0.3) is 0 Å². The second kappa shape index (κ2) is 3.54. The third kappa shape index (κ3) is 1.68. The van der Waals surface area contributed by atoms with E-state index in [0.717, 1.165) is 6.07 Å². The van der Waals surface area contributed by atoms with Crippen molar-refractivity contribution in [2.24, 2.45) is 4.99 Å². The van der Waals surface area contributed by atoms with Crippen LogP contribution in [0.3, 0.4) is 0 Å². The average molecular weight is 235 g/mol. The molecule has 0 amide bonds. The third-order valence-corrected chi connectivity index (χ3v) is 2.34. The van der Waals surface area contributed by atoms with Gasteiger partial charge in [-0.1, -0.05) is 0 Å². The Morgan fingerprint density at radius 1 is 1.06 bits per heavy atom. The topological polar surface area (TPSA) is 12.4 Å². The zero-order valence-corrected chi connectivity index (χ0v) is 7.91. The molecule has 0 fully saturated rings. The van der Waals surface area contributed by atoms with E-state index in [9.17, 15) is 22.0 Å². The molecule has 0 N–H and O–H groups in total. The predicted octanol–water partition coefficient (Wildman–Crippen LogP) is 2.87. The lowest BCUT2D eigenvalue weighted by atomic mass is 9.96. The summed E-state index contributed by atoms with van der Waals surface area (Å²) in [6.45, 7) is -0.178. The number of rotatable bonds is 0. The highest BCUT2D eigenvalue weighted by molar-refractivity contribution is 6.06. The van der Waals surface area contributed by atoms with Crippen molar-refractivity contribution in [2.45, 2.75) is 12.6 Å². The van der Waals surface area contributed by atoms with Crippen LogP contribution in [0.5, 0.6) is 0 Å². The molecule has 1 aliphatic rings. The number of benzene rings is 1. The summed E-state index contributed by atoms with van der Waals surface area (Å²) in [4.78, 5) is 3.23. The Morgan fingerprint density at radius 2 is 1.69 bits per heavy atom. The Balaban J connectivity index is 2.66. The number of alkyl halides is 3. The second-order valence-corrected chi connectivity index (χ2v) is 3.36. The Bertz CT molecular complexity index is 461. The van der Waals surface area contributed by atoms with Crippen LogP contribution >= 0.6 is 0 Å². The molecule has 0 radical (unpaired) electrons. The van der Waals surface area contributed by atoms with Crippen molar-refractivity contribution in [3.05, 3.63) is 34.9 Å². The fourth-order valence-electron chi connectivity index (χ4n) is 1.68. The van der Waals surface area contributed by atoms with Crippen molar-refractivity contribution in [1.29, 1.82) is 0 Å². The molecule has 0 bridgehead atoms. The molecule has 0 saturated carbocycles. The first kappa shape index (κ1) is 11.0. The molecule has 2 rings (SSSR count). The van der Waals surface area contributed by atoms with Gasteiger partial charge in [-0.25, -0.2) is 8.78 Å². The third-order valence-electron chi connectivity index (χ3n) is 2.34. The number of fused-ring (bicyclic) bond motifs is 1. The van der Waals surface area contributed by atoms with E-state index in [1.54, 1.807) is 0 Å². The van der Waals surface area contributed by atoms with E-state index in [2.05, 4.69) is 4.99 Å². The Hall–Kier alpha value is -1.46. The predicted molar refractivity (Wildman–Crippen MR) is 47.5 cm³/mol.